The summed E-state index contributed by atoms with van der Waals surface area (Å²) in [4.78, 5) is 9.92. The van der Waals surface area contributed by atoms with Gasteiger partial charge < -0.3 is 0 Å². The van der Waals surface area contributed by atoms with Crippen molar-refractivity contribution < 1.29 is 4.92 Å². The number of benzene rings is 1. The zero-order valence-corrected chi connectivity index (χ0v) is 9.80. The van der Waals surface area contributed by atoms with Crippen molar-refractivity contribution in [1.82, 2.24) is 0 Å². The topological polar surface area (TPSA) is 43.1 Å². The second-order valence-corrected chi connectivity index (χ2v) is 4.14. The first-order valence-corrected chi connectivity index (χ1v) is 5.17. The van der Waals surface area contributed by atoms with Crippen LogP contribution in [0.25, 0.3) is 0 Å². The molecular weight excluding hydrogens is 246 g/mol. The second-order valence-electron chi connectivity index (χ2n) is 3.35. The fourth-order valence-corrected chi connectivity index (χ4v) is 1.63. The molecule has 0 amide bonds. The number of hydrogen-bond donors (Lipinski definition) is 0. The van der Waals surface area contributed by atoms with Gasteiger partial charge in [0.2, 0.25) is 6.54 Å². The summed E-state index contributed by atoms with van der Waals surface area (Å²) in [5.74, 6) is 0. The van der Waals surface area contributed by atoms with Crippen LogP contribution in [0.3, 0.4) is 0 Å². The lowest BCUT2D eigenvalue weighted by Gasteiger charge is -2.05. The largest absolute Gasteiger partial charge is 0.265 e. The van der Waals surface area contributed by atoms with E-state index in [1.807, 2.05) is 26.0 Å². The van der Waals surface area contributed by atoms with Crippen molar-refractivity contribution in [3.05, 3.63) is 43.4 Å². The van der Waals surface area contributed by atoms with Crippen LogP contribution in [0.4, 0.5) is 0 Å². The number of nitrogens with zero attached hydrogens (tertiary/aromatic N) is 1. The first-order valence-electron chi connectivity index (χ1n) is 4.38. The van der Waals surface area contributed by atoms with Crippen LogP contribution in [0, 0.1) is 24.0 Å². The van der Waals surface area contributed by atoms with Crippen LogP contribution < -0.4 is 0 Å². The molecule has 0 fully saturated rings. The van der Waals surface area contributed by atoms with E-state index >= 15 is 0 Å². The van der Waals surface area contributed by atoms with Gasteiger partial charge in [-0.3, -0.25) is 10.1 Å². The summed E-state index contributed by atoms with van der Waals surface area (Å²) < 4.78 is 1.09. The highest BCUT2D eigenvalue weighted by molar-refractivity contribution is 9.10. The van der Waals surface area contributed by atoms with E-state index in [4.69, 9.17) is 0 Å². The molecule has 1 rings (SSSR count). The van der Waals surface area contributed by atoms with Crippen molar-refractivity contribution in [3.63, 3.8) is 0 Å². The third-order valence-corrected chi connectivity index (χ3v) is 3.33. The minimum Gasteiger partial charge on any atom is -0.265 e. The molecule has 4 heteroatoms. The van der Waals surface area contributed by atoms with E-state index in [0.717, 1.165) is 21.2 Å². The highest BCUT2D eigenvalue weighted by Gasteiger charge is 2.04. The summed E-state index contributed by atoms with van der Waals surface area (Å²) in [6, 6.07) is 3.97. The summed E-state index contributed by atoms with van der Waals surface area (Å²) in [5.41, 5.74) is 3.28. The Morgan fingerprint density at radius 3 is 2.29 bits per heavy atom. The fourth-order valence-electron chi connectivity index (χ4n) is 1.40. The maximum atomic E-state index is 10.2. The van der Waals surface area contributed by atoms with Gasteiger partial charge in [0.15, 0.2) is 0 Å². The lowest BCUT2D eigenvalue weighted by atomic mass is 10.1. The molecule has 0 heterocycles. The molecule has 0 saturated carbocycles. The molecule has 0 aliphatic carbocycles. The Kier molecular flexibility index (Phi) is 3.63. The molecule has 3 nitrogen and oxygen atoms in total. The highest BCUT2D eigenvalue weighted by Crippen LogP contribution is 2.22. The minimum atomic E-state index is -0.285. The first-order chi connectivity index (χ1) is 6.50. The zero-order chi connectivity index (χ0) is 10.7. The number of nitro groups is 1. The molecule has 0 spiro atoms. The van der Waals surface area contributed by atoms with Crippen molar-refractivity contribution in [2.45, 2.75) is 20.3 Å². The Morgan fingerprint density at radius 1 is 1.36 bits per heavy atom. The molecule has 76 valence electrons. The van der Waals surface area contributed by atoms with E-state index in [1.165, 1.54) is 0 Å². The molecule has 0 aliphatic heterocycles. The molecule has 1 aromatic carbocycles. The quantitative estimate of drug-likeness (QED) is 0.618. The first kappa shape index (κ1) is 11.2. The van der Waals surface area contributed by atoms with Gasteiger partial charge in [-0.2, -0.15) is 0 Å². The second kappa shape index (κ2) is 4.55. The molecule has 0 aromatic heterocycles. The molecule has 0 saturated heterocycles. The van der Waals surface area contributed by atoms with Crippen LogP contribution in [0.15, 0.2) is 16.6 Å². The van der Waals surface area contributed by atoms with Crippen molar-refractivity contribution in [1.29, 1.82) is 0 Å². The van der Waals surface area contributed by atoms with Gasteiger partial charge in [0.1, 0.15) is 0 Å². The Bertz CT molecular complexity index is 340. The van der Waals surface area contributed by atoms with Gasteiger partial charge in [0.25, 0.3) is 0 Å². The predicted molar refractivity (Wildman–Crippen MR) is 59.2 cm³/mol. The normalized spacial score (nSPS) is 10.2. The lowest BCUT2D eigenvalue weighted by Crippen LogP contribution is -2.04. The lowest BCUT2D eigenvalue weighted by molar-refractivity contribution is -0.479. The Hall–Kier alpha value is -0.900. The average Bonchev–Trinajstić information content (AvgIpc) is 2.10. The number of rotatable bonds is 3. The number of aryl methyl sites for hydroxylation is 2. The molecule has 1 aromatic rings. The van der Waals surface area contributed by atoms with Gasteiger partial charge in [0.05, 0.1) is 0 Å². The summed E-state index contributed by atoms with van der Waals surface area (Å²) in [6.07, 6.45) is 0.502. The van der Waals surface area contributed by atoms with Gasteiger partial charge in [-0.1, -0.05) is 28.1 Å². The van der Waals surface area contributed by atoms with Gasteiger partial charge in [-0.25, -0.2) is 0 Å². The predicted octanol–water partition coefficient (Wildman–Crippen LogP) is 2.89. The SMILES string of the molecule is Cc1cc(CC[N+](=O)[O-])cc(C)c1Br. The average molecular weight is 258 g/mol. The van der Waals surface area contributed by atoms with Crippen molar-refractivity contribution in [3.8, 4) is 0 Å². The maximum Gasteiger partial charge on any atom is 0.207 e. The van der Waals surface area contributed by atoms with E-state index in [2.05, 4.69) is 15.9 Å². The molecule has 0 radical (unpaired) electrons. The zero-order valence-electron chi connectivity index (χ0n) is 8.21. The Labute approximate surface area is 91.4 Å². The summed E-state index contributed by atoms with van der Waals surface area (Å²) in [6.45, 7) is 3.99. The summed E-state index contributed by atoms with van der Waals surface area (Å²) in [5, 5.41) is 10.2. The Balaban J connectivity index is 2.84. The molecule has 0 aliphatic rings. The third-order valence-electron chi connectivity index (χ3n) is 2.08. The van der Waals surface area contributed by atoms with Gasteiger partial charge >= 0.3 is 0 Å². The van der Waals surface area contributed by atoms with Gasteiger partial charge in [-0.05, 0) is 30.5 Å². The highest BCUT2D eigenvalue weighted by atomic mass is 79.9. The van der Waals surface area contributed by atoms with Crippen LogP contribution in [0.1, 0.15) is 16.7 Å². The van der Waals surface area contributed by atoms with Gasteiger partial charge in [0, 0.05) is 15.8 Å². The smallest absolute Gasteiger partial charge is 0.207 e. The van der Waals surface area contributed by atoms with Crippen LogP contribution in [-0.2, 0) is 6.42 Å². The van der Waals surface area contributed by atoms with E-state index in [9.17, 15) is 10.1 Å². The maximum absolute atomic E-state index is 10.2. The fraction of sp³-hybridized carbons (Fsp3) is 0.400. The van der Waals surface area contributed by atoms with E-state index in [1.54, 1.807) is 0 Å². The third kappa shape index (κ3) is 2.80. The van der Waals surface area contributed by atoms with E-state index in [-0.39, 0.29) is 11.5 Å². The van der Waals surface area contributed by atoms with Gasteiger partial charge in [-0.15, -0.1) is 0 Å². The van der Waals surface area contributed by atoms with Crippen molar-refractivity contribution >= 4 is 15.9 Å². The summed E-state index contributed by atoms with van der Waals surface area (Å²) in [7, 11) is 0. The standard InChI is InChI=1S/C10H12BrNO2/c1-7-5-9(3-4-12(13)14)6-8(2)10(7)11/h5-6H,3-4H2,1-2H3. The monoisotopic (exact) mass is 257 g/mol. The molecule has 0 atom stereocenters. The molecule has 0 bridgehead atoms. The van der Waals surface area contributed by atoms with Crippen molar-refractivity contribution in [2.75, 3.05) is 6.54 Å². The number of halogens is 1. The molecule has 0 N–H and O–H groups in total. The number of hydrogen-bond acceptors (Lipinski definition) is 2. The Morgan fingerprint density at radius 2 is 1.86 bits per heavy atom. The van der Waals surface area contributed by atoms with Crippen LogP contribution in [0.5, 0.6) is 0 Å². The van der Waals surface area contributed by atoms with Crippen molar-refractivity contribution in [2.24, 2.45) is 0 Å². The van der Waals surface area contributed by atoms with E-state index in [0.29, 0.717) is 6.42 Å². The van der Waals surface area contributed by atoms with E-state index < -0.39 is 0 Å². The van der Waals surface area contributed by atoms with Crippen LogP contribution in [0.2, 0.25) is 0 Å². The molecule has 0 unspecified atom stereocenters. The minimum absolute atomic E-state index is 0.000508. The van der Waals surface area contributed by atoms with Crippen LogP contribution >= 0.6 is 15.9 Å². The summed E-state index contributed by atoms with van der Waals surface area (Å²) >= 11 is 3.46. The molecule has 14 heavy (non-hydrogen) atoms. The molecular formula is C10H12BrNO2. The van der Waals surface area contributed by atoms with Crippen LogP contribution in [-0.4, -0.2) is 11.5 Å².